The molecule has 0 saturated carbocycles. The molecule has 0 aliphatic carbocycles. The first-order chi connectivity index (χ1) is 8.19. The lowest BCUT2D eigenvalue weighted by molar-refractivity contribution is 0.462. The Morgan fingerprint density at radius 1 is 1.29 bits per heavy atom. The van der Waals surface area contributed by atoms with Crippen molar-refractivity contribution in [3.8, 4) is 11.6 Å². The van der Waals surface area contributed by atoms with Crippen molar-refractivity contribution in [2.45, 2.75) is 13.5 Å². The molecule has 88 valence electrons. The molecule has 2 aromatic rings. The van der Waals surface area contributed by atoms with E-state index in [0.717, 1.165) is 21.3 Å². The normalized spacial score (nSPS) is 10.3. The third-order valence-corrected chi connectivity index (χ3v) is 3.23. The molecule has 0 atom stereocenters. The summed E-state index contributed by atoms with van der Waals surface area (Å²) in [5.74, 6) is 1.35. The molecule has 0 saturated heterocycles. The first kappa shape index (κ1) is 12.1. The van der Waals surface area contributed by atoms with Gasteiger partial charge in [0.15, 0.2) is 0 Å². The number of nitrogens with two attached hydrogens (primary N) is 1. The minimum Gasteiger partial charge on any atom is -0.439 e. The molecule has 2 rings (SSSR count). The number of halogens is 1. The zero-order valence-corrected chi connectivity index (χ0v) is 11.1. The Balaban J connectivity index is 2.16. The van der Waals surface area contributed by atoms with Gasteiger partial charge < -0.3 is 10.5 Å². The van der Waals surface area contributed by atoms with E-state index in [4.69, 9.17) is 10.5 Å². The molecule has 0 amide bonds. The molecule has 17 heavy (non-hydrogen) atoms. The zero-order chi connectivity index (χ0) is 12.3. The zero-order valence-electron chi connectivity index (χ0n) is 9.48. The summed E-state index contributed by atoms with van der Waals surface area (Å²) in [6.07, 6.45) is 1.74. The average Bonchev–Trinajstić information content (AvgIpc) is 2.35. The standard InChI is InChI=1S/C13H13BrN2O/c1-9-6-13(16-8-12(9)14)17-11-4-2-10(7-15)3-5-11/h2-6,8H,7,15H2,1H3. The van der Waals surface area contributed by atoms with Crippen LogP contribution in [0, 0.1) is 6.92 Å². The third kappa shape index (κ3) is 3.05. The quantitative estimate of drug-likeness (QED) is 0.943. The van der Waals surface area contributed by atoms with Gasteiger partial charge in [-0.05, 0) is 46.1 Å². The Hall–Kier alpha value is -1.39. The van der Waals surface area contributed by atoms with Crippen molar-refractivity contribution < 1.29 is 4.74 Å². The van der Waals surface area contributed by atoms with Crippen LogP contribution in [-0.4, -0.2) is 4.98 Å². The van der Waals surface area contributed by atoms with E-state index in [9.17, 15) is 0 Å². The van der Waals surface area contributed by atoms with E-state index in [1.54, 1.807) is 6.20 Å². The lowest BCUT2D eigenvalue weighted by atomic mass is 10.2. The fraction of sp³-hybridized carbons (Fsp3) is 0.154. The van der Waals surface area contributed by atoms with Crippen LogP contribution >= 0.6 is 15.9 Å². The molecule has 0 aliphatic rings. The highest BCUT2D eigenvalue weighted by atomic mass is 79.9. The second-order valence-electron chi connectivity index (χ2n) is 3.72. The second kappa shape index (κ2) is 5.29. The van der Waals surface area contributed by atoms with Gasteiger partial charge in [-0.15, -0.1) is 0 Å². The summed E-state index contributed by atoms with van der Waals surface area (Å²) in [6.45, 7) is 2.53. The molecule has 0 radical (unpaired) electrons. The molecule has 0 aliphatic heterocycles. The first-order valence-corrected chi connectivity index (χ1v) is 6.07. The average molecular weight is 293 g/mol. The summed E-state index contributed by atoms with van der Waals surface area (Å²) in [7, 11) is 0. The van der Waals surface area contributed by atoms with Crippen molar-refractivity contribution in [3.63, 3.8) is 0 Å². The topological polar surface area (TPSA) is 48.1 Å². The van der Waals surface area contributed by atoms with Crippen LogP contribution < -0.4 is 10.5 Å². The van der Waals surface area contributed by atoms with E-state index in [1.165, 1.54) is 0 Å². The number of rotatable bonds is 3. The molecule has 0 unspecified atom stereocenters. The van der Waals surface area contributed by atoms with Crippen molar-refractivity contribution in [2.24, 2.45) is 5.73 Å². The maximum absolute atomic E-state index is 5.64. The predicted octanol–water partition coefficient (Wildman–Crippen LogP) is 3.40. The smallest absolute Gasteiger partial charge is 0.219 e. The summed E-state index contributed by atoms with van der Waals surface area (Å²) in [5.41, 5.74) is 7.70. The van der Waals surface area contributed by atoms with E-state index in [0.29, 0.717) is 12.4 Å². The Morgan fingerprint density at radius 3 is 2.59 bits per heavy atom. The minimum atomic E-state index is 0.538. The van der Waals surface area contributed by atoms with Crippen LogP contribution in [0.4, 0.5) is 0 Å². The number of hydrogen-bond donors (Lipinski definition) is 1. The van der Waals surface area contributed by atoms with Crippen LogP contribution in [0.25, 0.3) is 0 Å². The van der Waals surface area contributed by atoms with E-state index in [2.05, 4.69) is 20.9 Å². The number of aryl methyl sites for hydroxylation is 1. The maximum Gasteiger partial charge on any atom is 0.219 e. The monoisotopic (exact) mass is 292 g/mol. The second-order valence-corrected chi connectivity index (χ2v) is 4.58. The molecule has 4 heteroatoms. The fourth-order valence-electron chi connectivity index (χ4n) is 1.38. The number of ether oxygens (including phenoxy) is 1. The first-order valence-electron chi connectivity index (χ1n) is 5.28. The Labute approximate surface area is 109 Å². The molecule has 0 bridgehead atoms. The molecule has 0 fully saturated rings. The summed E-state index contributed by atoms with van der Waals surface area (Å²) < 4.78 is 6.62. The summed E-state index contributed by atoms with van der Waals surface area (Å²) in [4.78, 5) is 4.18. The van der Waals surface area contributed by atoms with Crippen molar-refractivity contribution in [1.82, 2.24) is 4.98 Å². The largest absolute Gasteiger partial charge is 0.439 e. The van der Waals surface area contributed by atoms with E-state index < -0.39 is 0 Å². The van der Waals surface area contributed by atoms with Crippen LogP contribution in [0.3, 0.4) is 0 Å². The van der Waals surface area contributed by atoms with Crippen molar-refractivity contribution in [3.05, 3.63) is 52.1 Å². The van der Waals surface area contributed by atoms with Crippen LogP contribution in [-0.2, 0) is 6.54 Å². The SMILES string of the molecule is Cc1cc(Oc2ccc(CN)cc2)ncc1Br. The van der Waals surface area contributed by atoms with E-state index in [-0.39, 0.29) is 0 Å². The van der Waals surface area contributed by atoms with Gasteiger partial charge in [-0.2, -0.15) is 0 Å². The molecule has 3 nitrogen and oxygen atoms in total. The minimum absolute atomic E-state index is 0.538. The fourth-order valence-corrected chi connectivity index (χ4v) is 1.60. The number of pyridine rings is 1. The van der Waals surface area contributed by atoms with Crippen LogP contribution in [0.5, 0.6) is 11.6 Å². The lowest BCUT2D eigenvalue weighted by Crippen LogP contribution is -1.95. The van der Waals surface area contributed by atoms with Gasteiger partial charge >= 0.3 is 0 Å². The van der Waals surface area contributed by atoms with E-state index >= 15 is 0 Å². The van der Waals surface area contributed by atoms with Crippen LogP contribution in [0.2, 0.25) is 0 Å². The van der Waals surface area contributed by atoms with Gasteiger partial charge in [-0.3, -0.25) is 0 Å². The highest BCUT2D eigenvalue weighted by Gasteiger charge is 2.01. The third-order valence-electron chi connectivity index (χ3n) is 2.40. The Bertz CT molecular complexity index is 511. The highest BCUT2D eigenvalue weighted by molar-refractivity contribution is 9.10. The molecule has 2 N–H and O–H groups in total. The van der Waals surface area contributed by atoms with Gasteiger partial charge in [-0.1, -0.05) is 12.1 Å². The lowest BCUT2D eigenvalue weighted by Gasteiger charge is -2.06. The predicted molar refractivity (Wildman–Crippen MR) is 71.1 cm³/mol. The Kier molecular flexibility index (Phi) is 3.76. The van der Waals surface area contributed by atoms with Gasteiger partial charge in [0.1, 0.15) is 5.75 Å². The summed E-state index contributed by atoms with van der Waals surface area (Å²) >= 11 is 3.40. The van der Waals surface area contributed by atoms with Gasteiger partial charge in [0.05, 0.1) is 0 Å². The van der Waals surface area contributed by atoms with Crippen LogP contribution in [0.1, 0.15) is 11.1 Å². The Morgan fingerprint density at radius 2 is 2.00 bits per heavy atom. The van der Waals surface area contributed by atoms with Gasteiger partial charge in [0, 0.05) is 23.3 Å². The number of benzene rings is 1. The molecule has 1 aromatic heterocycles. The van der Waals surface area contributed by atoms with Crippen LogP contribution in [0.15, 0.2) is 41.0 Å². The highest BCUT2D eigenvalue weighted by Crippen LogP contribution is 2.23. The van der Waals surface area contributed by atoms with Crippen molar-refractivity contribution in [1.29, 1.82) is 0 Å². The molecule has 1 heterocycles. The number of nitrogens with zero attached hydrogens (tertiary/aromatic N) is 1. The maximum atomic E-state index is 5.64. The van der Waals surface area contributed by atoms with E-state index in [1.807, 2.05) is 37.3 Å². The number of hydrogen-bond acceptors (Lipinski definition) is 3. The van der Waals surface area contributed by atoms with Gasteiger partial charge in [0.25, 0.3) is 0 Å². The number of aromatic nitrogens is 1. The summed E-state index contributed by atoms with van der Waals surface area (Å²) in [6, 6.07) is 9.56. The van der Waals surface area contributed by atoms with Gasteiger partial charge in [0.2, 0.25) is 5.88 Å². The van der Waals surface area contributed by atoms with Crippen molar-refractivity contribution >= 4 is 15.9 Å². The molecule has 0 spiro atoms. The van der Waals surface area contributed by atoms with Crippen molar-refractivity contribution in [2.75, 3.05) is 0 Å². The molecular formula is C13H13BrN2O. The van der Waals surface area contributed by atoms with Gasteiger partial charge in [-0.25, -0.2) is 4.98 Å². The summed E-state index contributed by atoms with van der Waals surface area (Å²) in [5, 5.41) is 0. The molecule has 1 aromatic carbocycles. The molecular weight excluding hydrogens is 280 g/mol.